The van der Waals surface area contributed by atoms with Crippen LogP contribution in [0.25, 0.3) is 11.0 Å². The van der Waals surface area contributed by atoms with Crippen molar-refractivity contribution in [3.63, 3.8) is 0 Å². The molecule has 3 rings (SSSR count). The van der Waals surface area contributed by atoms with Gasteiger partial charge in [-0.05, 0) is 37.1 Å². The van der Waals surface area contributed by atoms with Gasteiger partial charge in [-0.3, -0.25) is 9.48 Å². The second kappa shape index (κ2) is 5.09. The maximum Gasteiger partial charge on any atom is 0.230 e. The van der Waals surface area contributed by atoms with Gasteiger partial charge in [-0.2, -0.15) is 5.10 Å². The van der Waals surface area contributed by atoms with E-state index in [9.17, 15) is 4.79 Å². The van der Waals surface area contributed by atoms with Gasteiger partial charge in [-0.15, -0.1) is 0 Å². The van der Waals surface area contributed by atoms with E-state index < -0.39 is 0 Å². The van der Waals surface area contributed by atoms with Crippen LogP contribution in [0.4, 0.5) is 5.82 Å². The van der Waals surface area contributed by atoms with Gasteiger partial charge in [0.15, 0.2) is 5.82 Å². The number of rotatable bonds is 3. The van der Waals surface area contributed by atoms with Crippen molar-refractivity contribution >= 4 is 22.7 Å². The molecule has 0 aliphatic carbocycles. The lowest BCUT2D eigenvalue weighted by atomic mass is 10.0. The number of aryl methyl sites for hydroxylation is 3. The second-order valence-electron chi connectivity index (χ2n) is 5.29. The highest BCUT2D eigenvalue weighted by Crippen LogP contribution is 2.25. The smallest absolute Gasteiger partial charge is 0.230 e. The van der Waals surface area contributed by atoms with Crippen LogP contribution < -0.4 is 5.32 Å². The number of hydrogen-bond donors (Lipinski definition) is 1. The van der Waals surface area contributed by atoms with E-state index in [1.54, 1.807) is 23.2 Å². The van der Waals surface area contributed by atoms with Crippen molar-refractivity contribution in [2.45, 2.75) is 20.3 Å². The zero-order valence-corrected chi connectivity index (χ0v) is 12.3. The first-order chi connectivity index (χ1) is 10.0. The van der Waals surface area contributed by atoms with Gasteiger partial charge in [-0.25, -0.2) is 0 Å². The number of nitrogens with one attached hydrogen (secondary N) is 1. The molecule has 0 bridgehead atoms. The Hall–Kier alpha value is -2.56. The number of benzene rings is 1. The van der Waals surface area contributed by atoms with Crippen molar-refractivity contribution in [1.29, 1.82) is 0 Å². The normalized spacial score (nSPS) is 11.0. The van der Waals surface area contributed by atoms with Crippen LogP contribution in [-0.2, 0) is 18.3 Å². The molecule has 1 aromatic carbocycles. The molecule has 0 fully saturated rings. The van der Waals surface area contributed by atoms with Crippen LogP contribution in [0.5, 0.6) is 0 Å². The van der Waals surface area contributed by atoms with Crippen molar-refractivity contribution < 1.29 is 9.21 Å². The molecule has 0 saturated heterocycles. The van der Waals surface area contributed by atoms with Crippen molar-refractivity contribution in [2.75, 3.05) is 5.32 Å². The summed E-state index contributed by atoms with van der Waals surface area (Å²) >= 11 is 0. The summed E-state index contributed by atoms with van der Waals surface area (Å²) in [5.41, 5.74) is 4.08. The van der Waals surface area contributed by atoms with E-state index in [-0.39, 0.29) is 12.3 Å². The van der Waals surface area contributed by atoms with Crippen LogP contribution in [-0.4, -0.2) is 15.7 Å². The number of anilines is 1. The van der Waals surface area contributed by atoms with Gasteiger partial charge in [0, 0.05) is 30.3 Å². The van der Waals surface area contributed by atoms with Crippen LogP contribution in [0.3, 0.4) is 0 Å². The third kappa shape index (κ3) is 2.67. The summed E-state index contributed by atoms with van der Waals surface area (Å²) in [4.78, 5) is 12.1. The SMILES string of the molecule is Cc1cc2occ(CC(=O)Nc3ccn(C)n3)c2cc1C. The molecule has 5 heteroatoms. The molecule has 108 valence electrons. The predicted molar refractivity (Wildman–Crippen MR) is 81.2 cm³/mol. The minimum atomic E-state index is -0.102. The predicted octanol–water partition coefficient (Wildman–Crippen LogP) is 2.96. The van der Waals surface area contributed by atoms with Crippen LogP contribution in [0.2, 0.25) is 0 Å². The lowest BCUT2D eigenvalue weighted by Crippen LogP contribution is -2.14. The lowest BCUT2D eigenvalue weighted by molar-refractivity contribution is -0.115. The van der Waals surface area contributed by atoms with Crippen LogP contribution >= 0.6 is 0 Å². The highest BCUT2D eigenvalue weighted by Gasteiger charge is 2.12. The van der Waals surface area contributed by atoms with Gasteiger partial charge in [0.25, 0.3) is 0 Å². The van der Waals surface area contributed by atoms with Crippen molar-refractivity contribution in [3.05, 3.63) is 47.3 Å². The number of amides is 1. The van der Waals surface area contributed by atoms with E-state index in [1.807, 2.05) is 20.0 Å². The van der Waals surface area contributed by atoms with Gasteiger partial charge in [-0.1, -0.05) is 0 Å². The molecular formula is C16H17N3O2. The fraction of sp³-hybridized carbons (Fsp3) is 0.250. The summed E-state index contributed by atoms with van der Waals surface area (Å²) < 4.78 is 7.19. The standard InChI is InChI=1S/C16H17N3O2/c1-10-6-13-12(9-21-14(13)7-11(10)2)8-16(20)17-15-4-5-19(3)18-15/h4-7,9H,8H2,1-3H3,(H,17,18,20). The number of nitrogens with zero attached hydrogens (tertiary/aromatic N) is 2. The Morgan fingerprint density at radius 1 is 1.33 bits per heavy atom. The molecule has 0 saturated carbocycles. The summed E-state index contributed by atoms with van der Waals surface area (Å²) in [6, 6.07) is 5.83. The molecule has 1 N–H and O–H groups in total. The molecule has 0 atom stereocenters. The number of carbonyl (C=O) groups is 1. The summed E-state index contributed by atoms with van der Waals surface area (Å²) in [5, 5.41) is 7.90. The summed E-state index contributed by atoms with van der Waals surface area (Å²) in [6.45, 7) is 4.10. The first kappa shape index (κ1) is 13.4. The van der Waals surface area contributed by atoms with Gasteiger partial charge < -0.3 is 9.73 Å². The summed E-state index contributed by atoms with van der Waals surface area (Å²) in [6.07, 6.45) is 3.71. The van der Waals surface area contributed by atoms with Crippen molar-refractivity contribution in [1.82, 2.24) is 9.78 Å². The largest absolute Gasteiger partial charge is 0.464 e. The minimum Gasteiger partial charge on any atom is -0.464 e. The highest BCUT2D eigenvalue weighted by atomic mass is 16.3. The Labute approximate surface area is 122 Å². The molecule has 0 spiro atoms. The number of hydrogen-bond acceptors (Lipinski definition) is 3. The number of aromatic nitrogens is 2. The van der Waals surface area contributed by atoms with E-state index in [4.69, 9.17) is 4.42 Å². The maximum absolute atomic E-state index is 12.1. The fourth-order valence-electron chi connectivity index (χ4n) is 2.31. The Bertz CT molecular complexity index is 814. The van der Waals surface area contributed by atoms with Crippen LogP contribution in [0.15, 0.2) is 35.1 Å². The number of fused-ring (bicyclic) bond motifs is 1. The molecule has 0 unspecified atom stereocenters. The van der Waals surface area contributed by atoms with Crippen LogP contribution in [0, 0.1) is 13.8 Å². The monoisotopic (exact) mass is 283 g/mol. The zero-order valence-electron chi connectivity index (χ0n) is 12.3. The number of carbonyl (C=O) groups excluding carboxylic acids is 1. The van der Waals surface area contributed by atoms with Crippen LogP contribution in [0.1, 0.15) is 16.7 Å². The quantitative estimate of drug-likeness (QED) is 0.804. The highest BCUT2D eigenvalue weighted by molar-refractivity contribution is 5.94. The molecule has 0 aliphatic rings. The minimum absolute atomic E-state index is 0.102. The van der Waals surface area contributed by atoms with E-state index in [0.29, 0.717) is 5.82 Å². The van der Waals surface area contributed by atoms with E-state index >= 15 is 0 Å². The molecule has 0 aliphatic heterocycles. The Morgan fingerprint density at radius 2 is 2.10 bits per heavy atom. The topological polar surface area (TPSA) is 60.1 Å². The third-order valence-corrected chi connectivity index (χ3v) is 3.60. The Balaban J connectivity index is 1.81. The molecule has 5 nitrogen and oxygen atoms in total. The average molecular weight is 283 g/mol. The molecule has 2 heterocycles. The van der Waals surface area contributed by atoms with Gasteiger partial charge >= 0.3 is 0 Å². The third-order valence-electron chi connectivity index (χ3n) is 3.60. The molecular weight excluding hydrogens is 266 g/mol. The van der Waals surface area contributed by atoms with E-state index in [0.717, 1.165) is 16.5 Å². The Morgan fingerprint density at radius 3 is 2.81 bits per heavy atom. The summed E-state index contributed by atoms with van der Waals surface area (Å²) in [7, 11) is 1.81. The Kier molecular flexibility index (Phi) is 3.25. The van der Waals surface area contributed by atoms with E-state index in [1.165, 1.54) is 11.1 Å². The molecule has 0 radical (unpaired) electrons. The second-order valence-corrected chi connectivity index (χ2v) is 5.29. The molecule has 3 aromatic rings. The van der Waals surface area contributed by atoms with E-state index in [2.05, 4.69) is 23.4 Å². The maximum atomic E-state index is 12.1. The molecule has 1 amide bonds. The van der Waals surface area contributed by atoms with Gasteiger partial charge in [0.2, 0.25) is 5.91 Å². The van der Waals surface area contributed by atoms with Crippen molar-refractivity contribution in [3.8, 4) is 0 Å². The van der Waals surface area contributed by atoms with Gasteiger partial charge in [0.05, 0.1) is 12.7 Å². The van der Waals surface area contributed by atoms with Crippen molar-refractivity contribution in [2.24, 2.45) is 7.05 Å². The average Bonchev–Trinajstić information content (AvgIpc) is 2.98. The number of furan rings is 1. The molecule has 2 aromatic heterocycles. The molecule has 21 heavy (non-hydrogen) atoms. The van der Waals surface area contributed by atoms with Gasteiger partial charge in [0.1, 0.15) is 5.58 Å². The fourth-order valence-corrected chi connectivity index (χ4v) is 2.31. The first-order valence-corrected chi connectivity index (χ1v) is 6.80. The summed E-state index contributed by atoms with van der Waals surface area (Å²) in [5.74, 6) is 0.456. The first-order valence-electron chi connectivity index (χ1n) is 6.80. The lowest BCUT2D eigenvalue weighted by Gasteiger charge is -2.02. The zero-order chi connectivity index (χ0) is 15.0.